The molecule has 0 spiro atoms. The maximum atomic E-state index is 12.4. The van der Waals surface area contributed by atoms with E-state index >= 15 is 0 Å². The summed E-state index contributed by atoms with van der Waals surface area (Å²) in [5.74, 6) is -0.139. The molecule has 0 aliphatic carbocycles. The van der Waals surface area contributed by atoms with Gasteiger partial charge in [-0.05, 0) is 31.7 Å². The van der Waals surface area contributed by atoms with Crippen molar-refractivity contribution in [1.82, 2.24) is 10.2 Å². The van der Waals surface area contributed by atoms with Crippen LogP contribution in [0.5, 0.6) is 0 Å². The van der Waals surface area contributed by atoms with Crippen LogP contribution in [0.4, 0.5) is 0 Å². The summed E-state index contributed by atoms with van der Waals surface area (Å²) >= 11 is 0. The lowest BCUT2D eigenvalue weighted by Crippen LogP contribution is -2.52. The van der Waals surface area contributed by atoms with Crippen molar-refractivity contribution in [2.45, 2.75) is 51.5 Å². The first-order chi connectivity index (χ1) is 10.2. The fourth-order valence-corrected chi connectivity index (χ4v) is 2.70. The summed E-state index contributed by atoms with van der Waals surface area (Å²) in [6.07, 6.45) is 8.83. The summed E-state index contributed by atoms with van der Waals surface area (Å²) in [4.78, 5) is 26.4. The van der Waals surface area contributed by atoms with E-state index in [1.807, 2.05) is 0 Å². The molecule has 0 aromatic carbocycles. The minimum Gasteiger partial charge on any atom is -0.472 e. The smallest absolute Gasteiger partial charge is 0.257 e. The third-order valence-electron chi connectivity index (χ3n) is 3.91. The number of amides is 2. The standard InChI is InChI=1S/C16H24N2O3/c1-2-3-5-9-17-15(19)14-7-4-6-10-18(14)16(20)13-8-11-21-12-13/h8,11-12,14H,2-7,9-10H2,1H3,(H,17,19)/t14-/m0/s1. The van der Waals surface area contributed by atoms with E-state index in [-0.39, 0.29) is 17.9 Å². The molecule has 5 nitrogen and oxygen atoms in total. The summed E-state index contributed by atoms with van der Waals surface area (Å²) < 4.78 is 4.97. The third kappa shape index (κ3) is 4.09. The third-order valence-corrected chi connectivity index (χ3v) is 3.91. The van der Waals surface area contributed by atoms with Crippen molar-refractivity contribution in [2.75, 3.05) is 13.1 Å². The van der Waals surface area contributed by atoms with E-state index in [1.165, 1.54) is 12.5 Å². The number of nitrogens with one attached hydrogen (secondary N) is 1. The molecule has 1 atom stereocenters. The monoisotopic (exact) mass is 292 g/mol. The fraction of sp³-hybridized carbons (Fsp3) is 0.625. The van der Waals surface area contributed by atoms with Crippen LogP contribution in [-0.2, 0) is 4.79 Å². The second kappa shape index (κ2) is 7.86. The van der Waals surface area contributed by atoms with Gasteiger partial charge in [0, 0.05) is 13.1 Å². The lowest BCUT2D eigenvalue weighted by molar-refractivity contribution is -0.126. The predicted octanol–water partition coefficient (Wildman–Crippen LogP) is 2.58. The van der Waals surface area contributed by atoms with Crippen molar-refractivity contribution < 1.29 is 14.0 Å². The number of nitrogens with zero attached hydrogens (tertiary/aromatic N) is 1. The number of likely N-dealkylation sites (tertiary alicyclic amines) is 1. The largest absolute Gasteiger partial charge is 0.472 e. The van der Waals surface area contributed by atoms with E-state index in [9.17, 15) is 9.59 Å². The Bertz CT molecular complexity index is 456. The van der Waals surface area contributed by atoms with Crippen LogP contribution in [-0.4, -0.2) is 35.8 Å². The highest BCUT2D eigenvalue weighted by atomic mass is 16.3. The molecule has 1 N–H and O–H groups in total. The highest BCUT2D eigenvalue weighted by molar-refractivity contribution is 5.97. The molecular weight excluding hydrogens is 268 g/mol. The first-order valence-electron chi connectivity index (χ1n) is 7.85. The zero-order valence-electron chi connectivity index (χ0n) is 12.6. The minimum atomic E-state index is -0.345. The van der Waals surface area contributed by atoms with E-state index in [1.54, 1.807) is 11.0 Å². The van der Waals surface area contributed by atoms with Crippen LogP contribution in [0.3, 0.4) is 0 Å². The normalized spacial score (nSPS) is 18.5. The Labute approximate surface area is 125 Å². The molecule has 2 heterocycles. The number of unbranched alkanes of at least 4 members (excludes halogenated alkanes) is 2. The zero-order chi connectivity index (χ0) is 15.1. The molecule has 0 bridgehead atoms. The van der Waals surface area contributed by atoms with Crippen molar-refractivity contribution in [2.24, 2.45) is 0 Å². The lowest BCUT2D eigenvalue weighted by atomic mass is 10.0. The summed E-state index contributed by atoms with van der Waals surface area (Å²) in [7, 11) is 0. The van der Waals surface area contributed by atoms with Crippen LogP contribution >= 0.6 is 0 Å². The molecule has 21 heavy (non-hydrogen) atoms. The Kier molecular flexibility index (Phi) is 5.84. The Morgan fingerprint density at radius 2 is 2.24 bits per heavy atom. The molecule has 1 aromatic rings. The number of furan rings is 1. The average molecular weight is 292 g/mol. The van der Waals surface area contributed by atoms with Crippen molar-refractivity contribution in [1.29, 1.82) is 0 Å². The predicted molar refractivity (Wildman–Crippen MR) is 79.9 cm³/mol. The van der Waals surface area contributed by atoms with Crippen molar-refractivity contribution in [3.63, 3.8) is 0 Å². The molecular formula is C16H24N2O3. The van der Waals surface area contributed by atoms with Gasteiger partial charge in [0.2, 0.25) is 5.91 Å². The van der Waals surface area contributed by atoms with Gasteiger partial charge in [-0.15, -0.1) is 0 Å². The van der Waals surface area contributed by atoms with E-state index < -0.39 is 0 Å². The topological polar surface area (TPSA) is 62.6 Å². The molecule has 1 aliphatic rings. The van der Waals surface area contributed by atoms with Crippen LogP contribution in [0.25, 0.3) is 0 Å². The highest BCUT2D eigenvalue weighted by Gasteiger charge is 2.32. The maximum Gasteiger partial charge on any atom is 0.257 e. The van der Waals surface area contributed by atoms with Gasteiger partial charge in [0.15, 0.2) is 0 Å². The molecule has 1 saturated heterocycles. The average Bonchev–Trinajstić information content (AvgIpc) is 3.05. The Balaban J connectivity index is 1.95. The van der Waals surface area contributed by atoms with E-state index in [0.29, 0.717) is 18.7 Å². The number of carbonyl (C=O) groups is 2. The Morgan fingerprint density at radius 1 is 1.38 bits per heavy atom. The van der Waals surface area contributed by atoms with Crippen LogP contribution in [0.1, 0.15) is 55.8 Å². The zero-order valence-corrected chi connectivity index (χ0v) is 12.6. The molecule has 116 valence electrons. The molecule has 1 fully saturated rings. The second-order valence-corrected chi connectivity index (χ2v) is 5.52. The Morgan fingerprint density at radius 3 is 2.95 bits per heavy atom. The number of rotatable bonds is 6. The number of hydrogen-bond acceptors (Lipinski definition) is 3. The van der Waals surface area contributed by atoms with E-state index in [2.05, 4.69) is 12.2 Å². The fourth-order valence-electron chi connectivity index (χ4n) is 2.70. The quantitative estimate of drug-likeness (QED) is 0.820. The summed E-state index contributed by atoms with van der Waals surface area (Å²) in [6, 6.07) is 1.30. The van der Waals surface area contributed by atoms with Crippen LogP contribution in [0, 0.1) is 0 Å². The highest BCUT2D eigenvalue weighted by Crippen LogP contribution is 2.20. The lowest BCUT2D eigenvalue weighted by Gasteiger charge is -2.34. The number of carbonyl (C=O) groups excluding carboxylic acids is 2. The van der Waals surface area contributed by atoms with E-state index in [4.69, 9.17) is 4.42 Å². The van der Waals surface area contributed by atoms with Crippen molar-refractivity contribution in [3.05, 3.63) is 24.2 Å². The van der Waals surface area contributed by atoms with Crippen LogP contribution in [0.2, 0.25) is 0 Å². The van der Waals surface area contributed by atoms with Crippen molar-refractivity contribution >= 4 is 11.8 Å². The minimum absolute atomic E-state index is 0.0253. The number of piperidine rings is 1. The molecule has 1 aromatic heterocycles. The van der Waals surface area contributed by atoms with Crippen molar-refractivity contribution in [3.8, 4) is 0 Å². The van der Waals surface area contributed by atoms with Gasteiger partial charge in [-0.1, -0.05) is 19.8 Å². The SMILES string of the molecule is CCCCCNC(=O)[C@@H]1CCCCN1C(=O)c1ccoc1. The van der Waals surface area contributed by atoms with Gasteiger partial charge in [-0.25, -0.2) is 0 Å². The van der Waals surface area contributed by atoms with Gasteiger partial charge in [0.05, 0.1) is 11.8 Å². The molecule has 2 amide bonds. The van der Waals surface area contributed by atoms with Crippen LogP contribution in [0.15, 0.2) is 23.0 Å². The molecule has 5 heteroatoms. The summed E-state index contributed by atoms with van der Waals surface area (Å²) in [5, 5.41) is 2.96. The molecule has 0 radical (unpaired) electrons. The van der Waals surface area contributed by atoms with Gasteiger partial charge in [-0.2, -0.15) is 0 Å². The van der Waals surface area contributed by atoms with Crippen LogP contribution < -0.4 is 5.32 Å². The Hall–Kier alpha value is -1.78. The van der Waals surface area contributed by atoms with Gasteiger partial charge < -0.3 is 14.6 Å². The first kappa shape index (κ1) is 15.6. The van der Waals surface area contributed by atoms with Gasteiger partial charge in [-0.3, -0.25) is 9.59 Å². The maximum absolute atomic E-state index is 12.4. The number of hydrogen-bond donors (Lipinski definition) is 1. The molecule has 0 saturated carbocycles. The second-order valence-electron chi connectivity index (χ2n) is 5.52. The summed E-state index contributed by atoms with van der Waals surface area (Å²) in [5.41, 5.74) is 0.515. The van der Waals surface area contributed by atoms with Gasteiger partial charge in [0.25, 0.3) is 5.91 Å². The molecule has 2 rings (SSSR count). The first-order valence-corrected chi connectivity index (χ1v) is 7.85. The van der Waals surface area contributed by atoms with Gasteiger partial charge in [0.1, 0.15) is 12.3 Å². The molecule has 0 unspecified atom stereocenters. The summed E-state index contributed by atoms with van der Waals surface area (Å²) in [6.45, 7) is 3.46. The van der Waals surface area contributed by atoms with E-state index in [0.717, 1.165) is 38.5 Å². The molecule has 1 aliphatic heterocycles. The van der Waals surface area contributed by atoms with Gasteiger partial charge >= 0.3 is 0 Å².